The molecule has 0 aliphatic rings. The third-order valence-electron chi connectivity index (χ3n) is 3.36. The second-order valence-corrected chi connectivity index (χ2v) is 5.91. The standard InChI is InChI=1S/C17H16N4O2S/c1-18-16(23)20-15(22)11-24-17-19-13-9-5-6-10-14(13)21(17)12-7-3-2-4-8-12/h2-10H,11H2,1H3,(H2,18,20,22,23). The molecular weight excluding hydrogens is 324 g/mol. The molecule has 1 heterocycles. The molecule has 7 heteroatoms. The molecule has 0 radical (unpaired) electrons. The first-order valence-electron chi connectivity index (χ1n) is 7.36. The summed E-state index contributed by atoms with van der Waals surface area (Å²) in [6, 6.07) is 17.1. The smallest absolute Gasteiger partial charge is 0.321 e. The van der Waals surface area contributed by atoms with Gasteiger partial charge in [-0.05, 0) is 24.3 Å². The van der Waals surface area contributed by atoms with Gasteiger partial charge < -0.3 is 5.32 Å². The van der Waals surface area contributed by atoms with E-state index in [0.717, 1.165) is 16.7 Å². The van der Waals surface area contributed by atoms with Gasteiger partial charge in [0.2, 0.25) is 5.91 Å². The molecule has 0 bridgehead atoms. The van der Waals surface area contributed by atoms with Gasteiger partial charge in [-0.2, -0.15) is 0 Å². The summed E-state index contributed by atoms with van der Waals surface area (Å²) in [4.78, 5) is 27.6. The number of imide groups is 1. The van der Waals surface area contributed by atoms with Crippen molar-refractivity contribution in [2.45, 2.75) is 5.16 Å². The number of carbonyl (C=O) groups excluding carboxylic acids is 2. The number of hydrogen-bond donors (Lipinski definition) is 2. The number of thioether (sulfide) groups is 1. The Hall–Kier alpha value is -2.80. The van der Waals surface area contributed by atoms with E-state index >= 15 is 0 Å². The van der Waals surface area contributed by atoms with E-state index in [1.165, 1.54) is 18.8 Å². The Morgan fingerprint density at radius 2 is 1.79 bits per heavy atom. The van der Waals surface area contributed by atoms with E-state index in [0.29, 0.717) is 5.16 Å². The molecule has 0 fully saturated rings. The molecule has 0 spiro atoms. The first kappa shape index (κ1) is 16.1. The molecule has 3 amide bonds. The van der Waals surface area contributed by atoms with E-state index < -0.39 is 6.03 Å². The molecule has 0 saturated heterocycles. The maximum absolute atomic E-state index is 11.8. The zero-order valence-corrected chi connectivity index (χ0v) is 13.8. The number of carbonyl (C=O) groups is 2. The second-order valence-electron chi connectivity index (χ2n) is 4.97. The first-order chi connectivity index (χ1) is 11.7. The largest absolute Gasteiger partial charge is 0.341 e. The molecule has 2 aromatic carbocycles. The van der Waals surface area contributed by atoms with Gasteiger partial charge in [0.25, 0.3) is 0 Å². The van der Waals surface area contributed by atoms with Crippen LogP contribution in [0.1, 0.15) is 0 Å². The van der Waals surface area contributed by atoms with E-state index in [1.54, 1.807) is 0 Å². The summed E-state index contributed by atoms with van der Waals surface area (Å²) in [7, 11) is 1.46. The Kier molecular flexibility index (Phi) is 4.81. The van der Waals surface area contributed by atoms with Crippen LogP contribution >= 0.6 is 11.8 Å². The van der Waals surface area contributed by atoms with Crippen molar-refractivity contribution in [3.05, 3.63) is 54.6 Å². The number of nitrogens with one attached hydrogen (secondary N) is 2. The Morgan fingerprint density at radius 3 is 2.54 bits per heavy atom. The van der Waals surface area contributed by atoms with Gasteiger partial charge in [0.1, 0.15) is 0 Å². The van der Waals surface area contributed by atoms with Gasteiger partial charge >= 0.3 is 6.03 Å². The second kappa shape index (κ2) is 7.18. The highest BCUT2D eigenvalue weighted by Crippen LogP contribution is 2.27. The van der Waals surface area contributed by atoms with Gasteiger partial charge in [0.05, 0.1) is 16.8 Å². The van der Waals surface area contributed by atoms with Crippen LogP contribution in [0.15, 0.2) is 59.8 Å². The van der Waals surface area contributed by atoms with Crippen molar-refractivity contribution >= 4 is 34.7 Å². The number of amides is 3. The van der Waals surface area contributed by atoms with Crippen LogP contribution in [0.25, 0.3) is 16.7 Å². The van der Waals surface area contributed by atoms with E-state index in [2.05, 4.69) is 15.6 Å². The highest BCUT2D eigenvalue weighted by atomic mass is 32.2. The minimum absolute atomic E-state index is 0.101. The molecule has 0 atom stereocenters. The van der Waals surface area contributed by atoms with Crippen molar-refractivity contribution in [1.82, 2.24) is 20.2 Å². The lowest BCUT2D eigenvalue weighted by molar-refractivity contribution is -0.117. The zero-order chi connectivity index (χ0) is 16.9. The number of para-hydroxylation sites is 3. The Morgan fingerprint density at radius 1 is 1.08 bits per heavy atom. The fraction of sp³-hybridized carbons (Fsp3) is 0.118. The normalized spacial score (nSPS) is 10.5. The molecule has 0 aliphatic heterocycles. The predicted molar refractivity (Wildman–Crippen MR) is 94.4 cm³/mol. The summed E-state index contributed by atoms with van der Waals surface area (Å²) < 4.78 is 2.01. The fourth-order valence-corrected chi connectivity index (χ4v) is 3.11. The minimum atomic E-state index is -0.517. The van der Waals surface area contributed by atoms with Gasteiger partial charge in [-0.1, -0.05) is 42.1 Å². The van der Waals surface area contributed by atoms with Crippen LogP contribution < -0.4 is 10.6 Å². The van der Waals surface area contributed by atoms with Crippen molar-refractivity contribution in [3.63, 3.8) is 0 Å². The van der Waals surface area contributed by atoms with E-state index in [-0.39, 0.29) is 11.7 Å². The van der Waals surface area contributed by atoms with Crippen LogP contribution in [0.2, 0.25) is 0 Å². The minimum Gasteiger partial charge on any atom is -0.341 e. The van der Waals surface area contributed by atoms with Crippen LogP contribution in [0.4, 0.5) is 4.79 Å². The molecule has 0 unspecified atom stereocenters. The highest BCUT2D eigenvalue weighted by molar-refractivity contribution is 7.99. The van der Waals surface area contributed by atoms with E-state index in [9.17, 15) is 9.59 Å². The van der Waals surface area contributed by atoms with E-state index in [4.69, 9.17) is 0 Å². The van der Waals surface area contributed by atoms with Crippen LogP contribution in [0.5, 0.6) is 0 Å². The average Bonchev–Trinajstić information content (AvgIpc) is 2.99. The lowest BCUT2D eigenvalue weighted by Gasteiger charge is -2.08. The number of hydrogen-bond acceptors (Lipinski definition) is 4. The molecule has 3 aromatic rings. The number of nitrogens with zero attached hydrogens (tertiary/aromatic N) is 2. The van der Waals surface area contributed by atoms with Gasteiger partial charge in [-0.3, -0.25) is 14.7 Å². The third-order valence-corrected chi connectivity index (χ3v) is 4.30. The molecular formula is C17H16N4O2S. The van der Waals surface area contributed by atoms with Crippen molar-refractivity contribution in [3.8, 4) is 5.69 Å². The summed E-state index contributed by atoms with van der Waals surface area (Å²) in [5.41, 5.74) is 2.80. The maximum Gasteiger partial charge on any atom is 0.321 e. The predicted octanol–water partition coefficient (Wildman–Crippen LogP) is 2.57. The first-order valence-corrected chi connectivity index (χ1v) is 8.35. The Bertz CT molecular complexity index is 877. The molecule has 24 heavy (non-hydrogen) atoms. The molecule has 1 aromatic heterocycles. The van der Waals surface area contributed by atoms with Crippen LogP contribution in [0.3, 0.4) is 0 Å². The fourth-order valence-electron chi connectivity index (χ4n) is 2.28. The van der Waals surface area contributed by atoms with Crippen LogP contribution in [-0.2, 0) is 4.79 Å². The summed E-state index contributed by atoms with van der Waals surface area (Å²) >= 11 is 1.29. The highest BCUT2D eigenvalue weighted by Gasteiger charge is 2.14. The van der Waals surface area contributed by atoms with Crippen molar-refractivity contribution in [2.24, 2.45) is 0 Å². The van der Waals surface area contributed by atoms with Crippen LogP contribution in [0, 0.1) is 0 Å². The number of imidazole rings is 1. The number of aromatic nitrogens is 2. The Labute approximate surface area is 143 Å². The summed E-state index contributed by atoms with van der Waals surface area (Å²) in [6.45, 7) is 0. The maximum atomic E-state index is 11.8. The monoisotopic (exact) mass is 340 g/mol. The van der Waals surface area contributed by atoms with Crippen molar-refractivity contribution < 1.29 is 9.59 Å². The van der Waals surface area contributed by atoms with Gasteiger partial charge in [0.15, 0.2) is 5.16 Å². The molecule has 2 N–H and O–H groups in total. The number of fused-ring (bicyclic) bond motifs is 1. The number of urea groups is 1. The molecule has 0 saturated carbocycles. The molecule has 3 rings (SSSR count). The van der Waals surface area contributed by atoms with Crippen molar-refractivity contribution in [1.29, 1.82) is 0 Å². The molecule has 0 aliphatic carbocycles. The topological polar surface area (TPSA) is 76.0 Å². The molecule has 6 nitrogen and oxygen atoms in total. The average molecular weight is 340 g/mol. The lowest BCUT2D eigenvalue weighted by atomic mass is 10.3. The zero-order valence-electron chi connectivity index (χ0n) is 13.0. The Balaban J connectivity index is 1.90. The lowest BCUT2D eigenvalue weighted by Crippen LogP contribution is -2.38. The van der Waals surface area contributed by atoms with Gasteiger partial charge in [-0.25, -0.2) is 9.78 Å². The third kappa shape index (κ3) is 3.41. The number of rotatable bonds is 4. The quantitative estimate of drug-likeness (QED) is 0.716. The van der Waals surface area contributed by atoms with Gasteiger partial charge in [-0.15, -0.1) is 0 Å². The SMILES string of the molecule is CNC(=O)NC(=O)CSc1nc2ccccc2n1-c1ccccc1. The summed E-state index contributed by atoms with van der Waals surface area (Å²) in [5.74, 6) is -0.269. The van der Waals surface area contributed by atoms with E-state index in [1.807, 2.05) is 59.2 Å². The summed E-state index contributed by atoms with van der Waals surface area (Å²) in [5, 5.41) is 5.30. The summed E-state index contributed by atoms with van der Waals surface area (Å²) in [6.07, 6.45) is 0. The number of benzene rings is 2. The van der Waals surface area contributed by atoms with Crippen molar-refractivity contribution in [2.75, 3.05) is 12.8 Å². The van der Waals surface area contributed by atoms with Crippen LogP contribution in [-0.4, -0.2) is 34.3 Å². The van der Waals surface area contributed by atoms with Gasteiger partial charge in [0, 0.05) is 12.7 Å². The molecule has 122 valence electrons.